The average molecular weight is 296 g/mol. The van der Waals surface area contributed by atoms with E-state index in [0.29, 0.717) is 10.8 Å². The summed E-state index contributed by atoms with van der Waals surface area (Å²) in [7, 11) is 1.92. The van der Waals surface area contributed by atoms with Crippen molar-refractivity contribution in [3.05, 3.63) is 28.9 Å². The first-order valence-corrected chi connectivity index (χ1v) is 6.73. The summed E-state index contributed by atoms with van der Waals surface area (Å²) in [4.78, 5) is 11.1. The zero-order chi connectivity index (χ0) is 15.1. The minimum atomic E-state index is -0.938. The van der Waals surface area contributed by atoms with Gasteiger partial charge in [0.05, 0.1) is 16.0 Å². The molecule has 5 heteroatoms. The van der Waals surface area contributed by atoms with Crippen LogP contribution >= 0.6 is 11.6 Å². The van der Waals surface area contributed by atoms with E-state index in [0.717, 1.165) is 16.6 Å². The van der Waals surface area contributed by atoms with Gasteiger partial charge in [-0.05, 0) is 26.8 Å². The molecular weight excluding hydrogens is 278 g/mol. The fraction of sp³-hybridized carbons (Fsp3) is 0.400. The Labute approximate surface area is 122 Å². The Morgan fingerprint density at radius 3 is 2.70 bits per heavy atom. The van der Waals surface area contributed by atoms with Crippen LogP contribution < -0.4 is 4.74 Å². The lowest BCUT2D eigenvalue weighted by atomic mass is 9.95. The molecule has 0 saturated heterocycles. The summed E-state index contributed by atoms with van der Waals surface area (Å²) in [6, 6.07) is 5.62. The van der Waals surface area contributed by atoms with E-state index in [1.807, 2.05) is 36.7 Å². The lowest BCUT2D eigenvalue weighted by Gasteiger charge is -2.20. The molecule has 0 aliphatic rings. The number of benzene rings is 1. The van der Waals surface area contributed by atoms with E-state index in [9.17, 15) is 4.79 Å². The number of hydrogen-bond donors (Lipinski definition) is 1. The molecule has 0 atom stereocenters. The molecule has 108 valence electrons. The first-order valence-electron chi connectivity index (χ1n) is 6.35. The van der Waals surface area contributed by atoms with Gasteiger partial charge in [0.1, 0.15) is 12.4 Å². The van der Waals surface area contributed by atoms with Gasteiger partial charge < -0.3 is 14.4 Å². The number of aryl methyl sites for hydroxylation is 1. The van der Waals surface area contributed by atoms with E-state index in [2.05, 4.69) is 0 Å². The Morgan fingerprint density at radius 2 is 2.10 bits per heavy atom. The molecule has 1 heterocycles. The van der Waals surface area contributed by atoms with Crippen molar-refractivity contribution in [1.82, 2.24) is 4.57 Å². The normalized spacial score (nSPS) is 11.8. The van der Waals surface area contributed by atoms with Crippen LogP contribution in [0.3, 0.4) is 0 Å². The van der Waals surface area contributed by atoms with E-state index in [1.165, 1.54) is 0 Å². The molecule has 0 aliphatic carbocycles. The molecule has 0 spiro atoms. The Bertz CT molecular complexity index is 673. The van der Waals surface area contributed by atoms with Gasteiger partial charge in [0, 0.05) is 18.1 Å². The molecule has 1 aromatic carbocycles. The van der Waals surface area contributed by atoms with Gasteiger partial charge in [0.15, 0.2) is 0 Å². The second-order valence-electron chi connectivity index (χ2n) is 5.59. The SMILES string of the molecule is Cc1c(Cl)c2cccc(OCC(C)(C)C(=O)O)c2n1C. The number of nitrogens with zero attached hydrogens (tertiary/aromatic N) is 1. The molecule has 0 fully saturated rings. The molecule has 1 aromatic heterocycles. The Balaban J connectivity index is 2.41. The smallest absolute Gasteiger partial charge is 0.312 e. The van der Waals surface area contributed by atoms with E-state index in [-0.39, 0.29) is 6.61 Å². The first kappa shape index (κ1) is 14.7. The maximum Gasteiger partial charge on any atom is 0.312 e. The number of aliphatic carboxylic acids is 1. The van der Waals surface area contributed by atoms with Crippen LogP contribution in [0.25, 0.3) is 10.9 Å². The van der Waals surface area contributed by atoms with Crippen molar-refractivity contribution in [2.75, 3.05) is 6.61 Å². The summed E-state index contributed by atoms with van der Waals surface area (Å²) in [6.07, 6.45) is 0. The van der Waals surface area contributed by atoms with Crippen LogP contribution in [0.2, 0.25) is 5.02 Å². The summed E-state index contributed by atoms with van der Waals surface area (Å²) in [5.41, 5.74) is 0.901. The summed E-state index contributed by atoms with van der Waals surface area (Å²) in [6.45, 7) is 5.31. The van der Waals surface area contributed by atoms with Crippen LogP contribution in [0.1, 0.15) is 19.5 Å². The van der Waals surface area contributed by atoms with Crippen molar-refractivity contribution in [3.8, 4) is 5.75 Å². The third-order valence-corrected chi connectivity index (χ3v) is 4.04. The van der Waals surface area contributed by atoms with Crippen molar-refractivity contribution in [1.29, 1.82) is 0 Å². The number of halogens is 1. The van der Waals surface area contributed by atoms with Gasteiger partial charge in [-0.3, -0.25) is 4.79 Å². The molecule has 0 bridgehead atoms. The first-order chi connectivity index (χ1) is 9.25. The lowest BCUT2D eigenvalue weighted by molar-refractivity contribution is -0.148. The number of carbonyl (C=O) groups is 1. The van der Waals surface area contributed by atoms with Crippen LogP contribution in [0.5, 0.6) is 5.75 Å². The molecule has 0 unspecified atom stereocenters. The second-order valence-corrected chi connectivity index (χ2v) is 5.97. The molecular formula is C15H18ClNO3. The number of fused-ring (bicyclic) bond motifs is 1. The van der Waals surface area contributed by atoms with Gasteiger partial charge in [-0.25, -0.2) is 0 Å². The fourth-order valence-corrected chi connectivity index (χ4v) is 2.27. The Kier molecular flexibility index (Phi) is 3.69. The predicted octanol–water partition coefficient (Wildman–Crippen LogP) is 3.63. The zero-order valence-electron chi connectivity index (χ0n) is 12.0. The van der Waals surface area contributed by atoms with Crippen molar-refractivity contribution in [2.24, 2.45) is 12.5 Å². The zero-order valence-corrected chi connectivity index (χ0v) is 12.8. The average Bonchev–Trinajstić information content (AvgIpc) is 2.62. The number of aromatic nitrogens is 1. The third-order valence-electron chi connectivity index (χ3n) is 3.56. The molecule has 4 nitrogen and oxygen atoms in total. The Hall–Kier alpha value is -1.68. The van der Waals surface area contributed by atoms with Crippen molar-refractivity contribution < 1.29 is 14.6 Å². The van der Waals surface area contributed by atoms with Crippen LogP contribution in [0.4, 0.5) is 0 Å². The summed E-state index contributed by atoms with van der Waals surface area (Å²) in [5.74, 6) is -0.236. The quantitative estimate of drug-likeness (QED) is 0.937. The number of carboxylic acid groups (broad SMARTS) is 1. The standard InChI is InChI=1S/C15H18ClNO3/c1-9-12(16)10-6-5-7-11(13(10)17(9)4)20-8-15(2,3)14(18)19/h5-7H,8H2,1-4H3,(H,18,19). The topological polar surface area (TPSA) is 51.5 Å². The van der Waals surface area contributed by atoms with Gasteiger partial charge >= 0.3 is 5.97 Å². The number of rotatable bonds is 4. The van der Waals surface area contributed by atoms with E-state index < -0.39 is 11.4 Å². The number of para-hydroxylation sites is 1. The molecule has 0 saturated carbocycles. The molecule has 0 radical (unpaired) electrons. The van der Waals surface area contributed by atoms with Crippen LogP contribution in [0.15, 0.2) is 18.2 Å². The largest absolute Gasteiger partial charge is 0.490 e. The number of ether oxygens (including phenoxy) is 1. The molecule has 0 amide bonds. The van der Waals surface area contributed by atoms with Gasteiger partial charge in [0.2, 0.25) is 0 Å². The third kappa shape index (κ3) is 2.36. The Morgan fingerprint density at radius 1 is 1.45 bits per heavy atom. The minimum Gasteiger partial charge on any atom is -0.490 e. The second kappa shape index (κ2) is 5.02. The maximum absolute atomic E-state index is 11.1. The van der Waals surface area contributed by atoms with Crippen molar-refractivity contribution in [3.63, 3.8) is 0 Å². The maximum atomic E-state index is 11.1. The van der Waals surface area contributed by atoms with Gasteiger partial charge in [-0.15, -0.1) is 0 Å². The molecule has 20 heavy (non-hydrogen) atoms. The van der Waals surface area contributed by atoms with Crippen LogP contribution in [0, 0.1) is 12.3 Å². The van der Waals surface area contributed by atoms with E-state index in [4.69, 9.17) is 21.4 Å². The summed E-state index contributed by atoms with van der Waals surface area (Å²) < 4.78 is 7.69. The highest BCUT2D eigenvalue weighted by molar-refractivity contribution is 6.36. The number of carboxylic acids is 1. The highest BCUT2D eigenvalue weighted by Crippen LogP contribution is 2.35. The molecule has 1 N–H and O–H groups in total. The lowest BCUT2D eigenvalue weighted by Crippen LogP contribution is -2.30. The predicted molar refractivity (Wildman–Crippen MR) is 79.6 cm³/mol. The number of hydrogen-bond acceptors (Lipinski definition) is 2. The van der Waals surface area contributed by atoms with Crippen molar-refractivity contribution in [2.45, 2.75) is 20.8 Å². The highest BCUT2D eigenvalue weighted by Gasteiger charge is 2.28. The van der Waals surface area contributed by atoms with Crippen molar-refractivity contribution >= 4 is 28.5 Å². The molecule has 2 aromatic rings. The summed E-state index contributed by atoms with van der Waals surface area (Å²) in [5, 5.41) is 10.7. The van der Waals surface area contributed by atoms with Gasteiger partial charge in [-0.2, -0.15) is 0 Å². The van der Waals surface area contributed by atoms with Gasteiger partial charge in [0.25, 0.3) is 0 Å². The minimum absolute atomic E-state index is 0.100. The highest BCUT2D eigenvalue weighted by atomic mass is 35.5. The fourth-order valence-electron chi connectivity index (χ4n) is 1.99. The van der Waals surface area contributed by atoms with Crippen LogP contribution in [-0.2, 0) is 11.8 Å². The summed E-state index contributed by atoms with van der Waals surface area (Å²) >= 11 is 6.29. The molecule has 2 rings (SSSR count). The molecule has 0 aliphatic heterocycles. The van der Waals surface area contributed by atoms with E-state index >= 15 is 0 Å². The monoisotopic (exact) mass is 295 g/mol. The van der Waals surface area contributed by atoms with E-state index in [1.54, 1.807) is 13.8 Å². The van der Waals surface area contributed by atoms with Gasteiger partial charge in [-0.1, -0.05) is 23.7 Å². The van der Waals surface area contributed by atoms with Crippen LogP contribution in [-0.4, -0.2) is 22.2 Å².